The van der Waals surface area contributed by atoms with Crippen molar-refractivity contribution in [2.75, 3.05) is 0 Å². The molecule has 94 valence electrons. The Morgan fingerprint density at radius 3 is 2.53 bits per heavy atom. The van der Waals surface area contributed by atoms with Crippen LogP contribution in [0, 0.1) is 0 Å². The molecule has 0 atom stereocenters. The number of benzene rings is 1. The molecule has 0 fully saturated rings. The fraction of sp³-hybridized carbons (Fsp3) is 0. The molecule has 3 nitrogen and oxygen atoms in total. The quantitative estimate of drug-likeness (QED) is 0.784. The first kappa shape index (κ1) is 12.1. The topological polar surface area (TPSA) is 50.2 Å². The first-order valence-corrected chi connectivity index (χ1v) is 7.29. The lowest BCUT2D eigenvalue weighted by Gasteiger charge is -1.93. The average Bonchev–Trinajstić information content (AvgIpc) is 3.08. The van der Waals surface area contributed by atoms with Crippen molar-refractivity contribution in [2.45, 2.75) is 0 Å². The molecule has 0 aliphatic carbocycles. The van der Waals surface area contributed by atoms with Crippen LogP contribution in [0.1, 0.15) is 9.67 Å². The van der Waals surface area contributed by atoms with Gasteiger partial charge in [0.1, 0.15) is 15.6 Å². The molecular weight excluding hydrogens is 278 g/mol. The molecule has 19 heavy (non-hydrogen) atoms. The fourth-order valence-electron chi connectivity index (χ4n) is 1.75. The maximum Gasteiger partial charge on any atom is 0.348 e. The Morgan fingerprint density at radius 1 is 1.11 bits per heavy atom. The number of hydrogen-bond acceptors (Lipinski definition) is 4. The van der Waals surface area contributed by atoms with Crippen LogP contribution in [-0.2, 0) is 0 Å². The standard InChI is InChI=1S/C14H9NO2S2/c16-14(17)12-11(10-7-4-8-18-10)15-13(19-12)9-5-2-1-3-6-9/h1-8H,(H,16,17). The molecule has 3 aromatic rings. The van der Waals surface area contributed by atoms with Gasteiger partial charge >= 0.3 is 5.97 Å². The molecule has 5 heteroatoms. The highest BCUT2D eigenvalue weighted by molar-refractivity contribution is 7.18. The minimum atomic E-state index is -0.928. The van der Waals surface area contributed by atoms with E-state index in [4.69, 9.17) is 0 Å². The number of carbonyl (C=O) groups is 1. The van der Waals surface area contributed by atoms with Crippen LogP contribution in [0.3, 0.4) is 0 Å². The maximum atomic E-state index is 11.3. The smallest absolute Gasteiger partial charge is 0.348 e. The molecule has 0 saturated heterocycles. The van der Waals surface area contributed by atoms with Crippen molar-refractivity contribution in [3.05, 3.63) is 52.7 Å². The molecule has 0 aliphatic rings. The number of nitrogens with zero attached hydrogens (tertiary/aromatic N) is 1. The Balaban J connectivity index is 2.15. The molecule has 2 heterocycles. The van der Waals surface area contributed by atoms with E-state index in [1.54, 1.807) is 0 Å². The second-order valence-corrected chi connectivity index (χ2v) is 5.79. The largest absolute Gasteiger partial charge is 0.477 e. The summed E-state index contributed by atoms with van der Waals surface area (Å²) in [7, 11) is 0. The van der Waals surface area contributed by atoms with Gasteiger partial charge in [-0.1, -0.05) is 36.4 Å². The highest BCUT2D eigenvalue weighted by Gasteiger charge is 2.19. The van der Waals surface area contributed by atoms with Crippen LogP contribution in [0.2, 0.25) is 0 Å². The minimum absolute atomic E-state index is 0.293. The lowest BCUT2D eigenvalue weighted by molar-refractivity contribution is 0.0703. The predicted octanol–water partition coefficient (Wildman–Crippen LogP) is 4.24. The third-order valence-electron chi connectivity index (χ3n) is 2.60. The van der Waals surface area contributed by atoms with Crippen molar-refractivity contribution in [3.63, 3.8) is 0 Å². The number of aromatic carboxylic acids is 1. The zero-order valence-corrected chi connectivity index (χ0v) is 11.4. The monoisotopic (exact) mass is 287 g/mol. The first-order valence-electron chi connectivity index (χ1n) is 5.59. The summed E-state index contributed by atoms with van der Waals surface area (Å²) in [6, 6.07) is 13.4. The second-order valence-electron chi connectivity index (χ2n) is 3.85. The first-order chi connectivity index (χ1) is 9.25. The maximum absolute atomic E-state index is 11.3. The molecule has 0 bridgehead atoms. The van der Waals surface area contributed by atoms with Crippen molar-refractivity contribution in [1.82, 2.24) is 4.98 Å². The number of carboxylic acids is 1. The van der Waals surface area contributed by atoms with E-state index in [2.05, 4.69) is 4.98 Å². The van der Waals surface area contributed by atoms with E-state index in [9.17, 15) is 9.90 Å². The van der Waals surface area contributed by atoms with Crippen LogP contribution < -0.4 is 0 Å². The van der Waals surface area contributed by atoms with Crippen LogP contribution >= 0.6 is 22.7 Å². The molecule has 0 unspecified atom stereocenters. The van der Waals surface area contributed by atoms with Crippen LogP contribution in [0.25, 0.3) is 21.1 Å². The number of hydrogen-bond donors (Lipinski definition) is 1. The van der Waals surface area contributed by atoms with Gasteiger partial charge in [0.25, 0.3) is 0 Å². The van der Waals surface area contributed by atoms with E-state index in [0.717, 1.165) is 15.4 Å². The van der Waals surface area contributed by atoms with Gasteiger partial charge in [0.15, 0.2) is 0 Å². The Morgan fingerprint density at radius 2 is 1.89 bits per heavy atom. The molecule has 1 aromatic carbocycles. The van der Waals surface area contributed by atoms with E-state index in [1.807, 2.05) is 47.8 Å². The van der Waals surface area contributed by atoms with Gasteiger partial charge in [-0.15, -0.1) is 22.7 Å². The van der Waals surface area contributed by atoms with E-state index < -0.39 is 5.97 Å². The summed E-state index contributed by atoms with van der Waals surface area (Å²) >= 11 is 2.71. The second kappa shape index (κ2) is 4.95. The van der Waals surface area contributed by atoms with Gasteiger partial charge < -0.3 is 5.11 Å². The van der Waals surface area contributed by atoms with E-state index in [0.29, 0.717) is 10.6 Å². The fourth-order valence-corrected chi connectivity index (χ4v) is 3.46. The van der Waals surface area contributed by atoms with E-state index in [1.165, 1.54) is 22.7 Å². The lowest BCUT2D eigenvalue weighted by atomic mass is 10.2. The van der Waals surface area contributed by atoms with Gasteiger partial charge in [-0.2, -0.15) is 0 Å². The summed E-state index contributed by atoms with van der Waals surface area (Å²) in [5.41, 5.74) is 1.50. The summed E-state index contributed by atoms with van der Waals surface area (Å²) in [6.45, 7) is 0. The van der Waals surface area contributed by atoms with Crippen LogP contribution in [0.5, 0.6) is 0 Å². The molecule has 0 saturated carbocycles. The van der Waals surface area contributed by atoms with Gasteiger partial charge in [0.05, 0.1) is 4.88 Å². The van der Waals surface area contributed by atoms with E-state index >= 15 is 0 Å². The normalized spacial score (nSPS) is 10.5. The summed E-state index contributed by atoms with van der Waals surface area (Å²) in [5.74, 6) is -0.928. The van der Waals surface area contributed by atoms with Crippen molar-refractivity contribution in [1.29, 1.82) is 0 Å². The summed E-state index contributed by atoms with van der Waals surface area (Å²) in [5, 5.41) is 12.0. The van der Waals surface area contributed by atoms with Gasteiger partial charge in [0.2, 0.25) is 0 Å². The molecule has 1 N–H and O–H groups in total. The third-order valence-corrected chi connectivity index (χ3v) is 4.57. The molecule has 2 aromatic heterocycles. The number of aromatic nitrogens is 1. The van der Waals surface area contributed by atoms with Crippen LogP contribution in [0.4, 0.5) is 0 Å². The molecule has 0 radical (unpaired) electrons. The summed E-state index contributed by atoms with van der Waals surface area (Å²) < 4.78 is 0. The van der Waals surface area contributed by atoms with Gasteiger partial charge in [-0.3, -0.25) is 0 Å². The van der Waals surface area contributed by atoms with Crippen LogP contribution in [-0.4, -0.2) is 16.1 Å². The van der Waals surface area contributed by atoms with E-state index in [-0.39, 0.29) is 0 Å². The van der Waals surface area contributed by atoms with Crippen molar-refractivity contribution < 1.29 is 9.90 Å². The van der Waals surface area contributed by atoms with Crippen molar-refractivity contribution in [2.24, 2.45) is 0 Å². The third kappa shape index (κ3) is 2.30. The number of carboxylic acid groups (broad SMARTS) is 1. The highest BCUT2D eigenvalue weighted by Crippen LogP contribution is 2.35. The zero-order valence-electron chi connectivity index (χ0n) is 9.74. The number of thiophene rings is 1. The SMILES string of the molecule is O=C(O)c1sc(-c2ccccc2)nc1-c1cccs1. The lowest BCUT2D eigenvalue weighted by Crippen LogP contribution is -1.94. The molecule has 0 spiro atoms. The molecule has 0 aliphatic heterocycles. The Kier molecular flexibility index (Phi) is 3.15. The number of rotatable bonds is 3. The Hall–Kier alpha value is -1.98. The van der Waals surface area contributed by atoms with Crippen LogP contribution in [0.15, 0.2) is 47.8 Å². The minimum Gasteiger partial charge on any atom is -0.477 e. The molecule has 0 amide bonds. The van der Waals surface area contributed by atoms with Gasteiger partial charge in [-0.05, 0) is 11.4 Å². The predicted molar refractivity (Wildman–Crippen MR) is 77.8 cm³/mol. The summed E-state index contributed by atoms with van der Waals surface area (Å²) in [6.07, 6.45) is 0. The zero-order chi connectivity index (χ0) is 13.2. The van der Waals surface area contributed by atoms with Gasteiger partial charge in [0, 0.05) is 5.56 Å². The average molecular weight is 287 g/mol. The van der Waals surface area contributed by atoms with Gasteiger partial charge in [-0.25, -0.2) is 9.78 Å². The van der Waals surface area contributed by atoms with Crippen molar-refractivity contribution >= 4 is 28.6 Å². The highest BCUT2D eigenvalue weighted by atomic mass is 32.1. The molecular formula is C14H9NO2S2. The number of thiazole rings is 1. The van der Waals surface area contributed by atoms with Crippen molar-refractivity contribution in [3.8, 4) is 21.1 Å². The Bertz CT molecular complexity index is 702. The Labute approximate surface area is 117 Å². The summed E-state index contributed by atoms with van der Waals surface area (Å²) in [4.78, 5) is 17.0. The molecule has 3 rings (SSSR count).